The van der Waals surface area contributed by atoms with Gasteiger partial charge in [-0.2, -0.15) is 0 Å². The molecule has 5 heteroatoms. The molecule has 0 atom stereocenters. The van der Waals surface area contributed by atoms with Crippen LogP contribution in [0.2, 0.25) is 10.0 Å². The molecule has 2 heterocycles. The molecule has 1 aliphatic rings. The zero-order chi connectivity index (χ0) is 17.4. The number of benzene rings is 1. The van der Waals surface area contributed by atoms with Crippen molar-refractivity contribution in [2.45, 2.75) is 45.1 Å². The van der Waals surface area contributed by atoms with Crippen LogP contribution in [0, 0.1) is 6.92 Å². The third-order valence-electron chi connectivity index (χ3n) is 4.92. The molecule has 3 aromatic rings. The largest absolute Gasteiger partial charge is 0.367 e. The molecule has 1 N–H and O–H groups in total. The van der Waals surface area contributed by atoms with E-state index >= 15 is 0 Å². The van der Waals surface area contributed by atoms with Gasteiger partial charge in [-0.25, -0.2) is 4.98 Å². The van der Waals surface area contributed by atoms with Gasteiger partial charge in [-0.15, -0.1) is 0 Å². The van der Waals surface area contributed by atoms with Gasteiger partial charge in [0.15, 0.2) is 0 Å². The van der Waals surface area contributed by atoms with E-state index in [1.165, 1.54) is 37.7 Å². The van der Waals surface area contributed by atoms with Crippen molar-refractivity contribution in [3.8, 4) is 11.3 Å². The first kappa shape index (κ1) is 16.7. The van der Waals surface area contributed by atoms with E-state index in [2.05, 4.69) is 35.0 Å². The minimum Gasteiger partial charge on any atom is -0.367 e. The van der Waals surface area contributed by atoms with Crippen LogP contribution in [-0.4, -0.2) is 15.4 Å². The average Bonchev–Trinajstić information content (AvgIpc) is 2.96. The van der Waals surface area contributed by atoms with Crippen molar-refractivity contribution in [2.24, 2.45) is 0 Å². The number of pyridine rings is 1. The molecule has 0 radical (unpaired) electrons. The van der Waals surface area contributed by atoms with Crippen LogP contribution in [0.5, 0.6) is 0 Å². The van der Waals surface area contributed by atoms with Crippen molar-refractivity contribution < 1.29 is 0 Å². The van der Waals surface area contributed by atoms with Crippen LogP contribution in [0.3, 0.4) is 0 Å². The number of imidazole rings is 1. The van der Waals surface area contributed by atoms with E-state index in [4.69, 9.17) is 28.2 Å². The van der Waals surface area contributed by atoms with Crippen LogP contribution in [0.25, 0.3) is 16.9 Å². The molecule has 25 heavy (non-hydrogen) atoms. The van der Waals surface area contributed by atoms with Gasteiger partial charge in [0.25, 0.3) is 0 Å². The van der Waals surface area contributed by atoms with E-state index in [0.717, 1.165) is 22.7 Å². The highest BCUT2D eigenvalue weighted by atomic mass is 35.5. The first-order chi connectivity index (χ1) is 12.1. The van der Waals surface area contributed by atoms with E-state index in [0.29, 0.717) is 16.1 Å². The lowest BCUT2D eigenvalue weighted by molar-refractivity contribution is 0.462. The van der Waals surface area contributed by atoms with Gasteiger partial charge in [-0.05, 0) is 49.6 Å². The molecule has 1 aliphatic carbocycles. The Balaban J connectivity index is 1.83. The number of hydrogen-bond donors (Lipinski definition) is 1. The summed E-state index contributed by atoms with van der Waals surface area (Å²) >= 11 is 12.3. The van der Waals surface area contributed by atoms with E-state index in [1.807, 2.05) is 18.2 Å². The van der Waals surface area contributed by atoms with Gasteiger partial charge in [0.1, 0.15) is 17.2 Å². The first-order valence-corrected chi connectivity index (χ1v) is 9.58. The molecule has 0 saturated heterocycles. The average molecular weight is 374 g/mol. The maximum Gasteiger partial charge on any atom is 0.139 e. The number of fused-ring (bicyclic) bond motifs is 1. The number of aryl methyl sites for hydroxylation is 1. The van der Waals surface area contributed by atoms with E-state index in [1.54, 1.807) is 0 Å². The normalized spacial score (nSPS) is 15.6. The van der Waals surface area contributed by atoms with E-state index < -0.39 is 0 Å². The fourth-order valence-corrected chi connectivity index (χ4v) is 3.87. The molecule has 0 amide bonds. The fourth-order valence-electron chi connectivity index (χ4n) is 3.57. The van der Waals surface area contributed by atoms with Crippen LogP contribution in [0.1, 0.15) is 37.7 Å². The molecule has 130 valence electrons. The fraction of sp³-hybridized carbons (Fsp3) is 0.350. The molecule has 0 bridgehead atoms. The number of nitrogens with one attached hydrogen (secondary N) is 1. The minimum absolute atomic E-state index is 0.497. The van der Waals surface area contributed by atoms with E-state index in [-0.39, 0.29) is 0 Å². The smallest absolute Gasteiger partial charge is 0.139 e. The standard InChI is InChI=1S/C20H21Cl2N3/c1-13-9-10-25-18(11-13)24-19(14-7-8-16(21)17(22)12-14)20(25)23-15-5-3-2-4-6-15/h7-12,15,23H,2-6H2,1H3. The Hall–Kier alpha value is -1.71. The Morgan fingerprint density at radius 2 is 1.84 bits per heavy atom. The summed E-state index contributed by atoms with van der Waals surface area (Å²) in [6.07, 6.45) is 8.42. The number of hydrogen-bond acceptors (Lipinski definition) is 2. The van der Waals surface area contributed by atoms with Gasteiger partial charge in [0.05, 0.1) is 10.0 Å². The summed E-state index contributed by atoms with van der Waals surface area (Å²) in [5.74, 6) is 1.04. The zero-order valence-corrected chi connectivity index (χ0v) is 15.7. The lowest BCUT2D eigenvalue weighted by Gasteiger charge is -2.24. The van der Waals surface area contributed by atoms with Crippen molar-refractivity contribution in [1.29, 1.82) is 0 Å². The van der Waals surface area contributed by atoms with Crippen LogP contribution in [-0.2, 0) is 0 Å². The van der Waals surface area contributed by atoms with Crippen LogP contribution in [0.4, 0.5) is 5.82 Å². The van der Waals surface area contributed by atoms with Crippen LogP contribution < -0.4 is 5.32 Å². The van der Waals surface area contributed by atoms with Crippen LogP contribution in [0.15, 0.2) is 36.5 Å². The summed E-state index contributed by atoms with van der Waals surface area (Å²) in [5.41, 5.74) is 4.05. The highest BCUT2D eigenvalue weighted by molar-refractivity contribution is 6.42. The Bertz CT molecular complexity index is 911. The summed E-state index contributed by atoms with van der Waals surface area (Å²) in [6.45, 7) is 2.09. The first-order valence-electron chi connectivity index (χ1n) is 8.82. The molecule has 4 rings (SSSR count). The molecule has 0 spiro atoms. The lowest BCUT2D eigenvalue weighted by Crippen LogP contribution is -2.23. The number of halogens is 2. The molecule has 1 saturated carbocycles. The SMILES string of the molecule is Cc1ccn2c(NC3CCCCC3)c(-c3ccc(Cl)c(Cl)c3)nc2c1. The number of nitrogens with zero attached hydrogens (tertiary/aromatic N) is 2. The van der Waals surface area contributed by atoms with Crippen molar-refractivity contribution in [3.63, 3.8) is 0 Å². The van der Waals surface area contributed by atoms with Gasteiger partial charge in [-0.3, -0.25) is 4.40 Å². The summed E-state index contributed by atoms with van der Waals surface area (Å²) in [7, 11) is 0. The molecule has 1 fully saturated rings. The monoisotopic (exact) mass is 373 g/mol. The quantitative estimate of drug-likeness (QED) is 0.578. The van der Waals surface area contributed by atoms with Gasteiger partial charge < -0.3 is 5.32 Å². The molecular formula is C20H21Cl2N3. The topological polar surface area (TPSA) is 29.3 Å². The number of anilines is 1. The van der Waals surface area contributed by atoms with Crippen molar-refractivity contribution in [2.75, 3.05) is 5.32 Å². The third kappa shape index (κ3) is 3.36. The second kappa shape index (κ2) is 6.89. The molecule has 1 aromatic carbocycles. The molecular weight excluding hydrogens is 353 g/mol. The van der Waals surface area contributed by atoms with Crippen molar-refractivity contribution in [3.05, 3.63) is 52.1 Å². The zero-order valence-electron chi connectivity index (χ0n) is 14.2. The van der Waals surface area contributed by atoms with Crippen LogP contribution >= 0.6 is 23.2 Å². The highest BCUT2D eigenvalue weighted by Crippen LogP contribution is 2.34. The Morgan fingerprint density at radius 1 is 1.04 bits per heavy atom. The summed E-state index contributed by atoms with van der Waals surface area (Å²) in [4.78, 5) is 4.88. The van der Waals surface area contributed by atoms with Gasteiger partial charge in [0, 0.05) is 17.8 Å². The summed E-state index contributed by atoms with van der Waals surface area (Å²) < 4.78 is 2.14. The maximum atomic E-state index is 6.24. The third-order valence-corrected chi connectivity index (χ3v) is 5.66. The number of rotatable bonds is 3. The molecule has 0 aliphatic heterocycles. The van der Waals surface area contributed by atoms with Gasteiger partial charge >= 0.3 is 0 Å². The molecule has 3 nitrogen and oxygen atoms in total. The Morgan fingerprint density at radius 3 is 2.60 bits per heavy atom. The molecule has 0 unspecified atom stereocenters. The van der Waals surface area contributed by atoms with E-state index in [9.17, 15) is 0 Å². The maximum absolute atomic E-state index is 6.24. The minimum atomic E-state index is 0.497. The lowest BCUT2D eigenvalue weighted by atomic mass is 9.95. The van der Waals surface area contributed by atoms with Crippen molar-refractivity contribution >= 4 is 34.7 Å². The second-order valence-electron chi connectivity index (χ2n) is 6.85. The highest BCUT2D eigenvalue weighted by Gasteiger charge is 2.20. The molecule has 2 aromatic heterocycles. The summed E-state index contributed by atoms with van der Waals surface area (Å²) in [5, 5.41) is 4.86. The van der Waals surface area contributed by atoms with Gasteiger partial charge in [-0.1, -0.05) is 48.5 Å². The predicted molar refractivity (Wildman–Crippen MR) is 106 cm³/mol. The van der Waals surface area contributed by atoms with Gasteiger partial charge in [0.2, 0.25) is 0 Å². The Labute approximate surface area is 158 Å². The predicted octanol–water partition coefficient (Wildman–Crippen LogP) is 6.36. The van der Waals surface area contributed by atoms with Crippen molar-refractivity contribution in [1.82, 2.24) is 9.38 Å². The number of aromatic nitrogens is 2. The Kier molecular flexibility index (Phi) is 4.61. The summed E-state index contributed by atoms with van der Waals surface area (Å²) in [6, 6.07) is 10.4. The second-order valence-corrected chi connectivity index (χ2v) is 7.66.